The minimum atomic E-state index is 0.593. The maximum Gasteiger partial charge on any atom is 0.160 e. The van der Waals surface area contributed by atoms with E-state index in [0.717, 1.165) is 106 Å². The molecule has 3 heterocycles. The molecule has 6 nitrogen and oxygen atoms in total. The second kappa shape index (κ2) is 19.9. The summed E-state index contributed by atoms with van der Waals surface area (Å²) in [4.78, 5) is 22.5. The topological polar surface area (TPSA) is 61.4 Å². The first-order valence-corrected chi connectivity index (χ1v) is 29.9. The minimum Gasteiger partial charge on any atom is -0.292 e. The van der Waals surface area contributed by atoms with Crippen molar-refractivity contribution in [3.05, 3.63) is 303 Å². The third kappa shape index (κ3) is 7.89. The van der Waals surface area contributed by atoms with Crippen molar-refractivity contribution in [3.63, 3.8) is 0 Å². The predicted octanol–water partition coefficient (Wildman–Crippen LogP) is 21.2. The Morgan fingerprint density at radius 2 is 0.580 bits per heavy atom. The molecule has 0 aliphatic rings. The van der Waals surface area contributed by atoms with Gasteiger partial charge in [0.05, 0.1) is 33.3 Å². The van der Waals surface area contributed by atoms with Crippen molar-refractivity contribution < 1.29 is 0 Å². The minimum absolute atomic E-state index is 0.593. The molecule has 15 aromatic carbocycles. The zero-order valence-corrected chi connectivity index (χ0v) is 47.6. The summed E-state index contributed by atoms with van der Waals surface area (Å²) in [6.07, 6.45) is 0. The van der Waals surface area contributed by atoms with Crippen LogP contribution < -0.4 is 0 Å². The van der Waals surface area contributed by atoms with E-state index < -0.39 is 0 Å². The summed E-state index contributed by atoms with van der Waals surface area (Å²) in [5.74, 6) is 2.32. The lowest BCUT2D eigenvalue weighted by atomic mass is 9.88. The molecule has 0 amide bonds. The molecular formula is C82H50N6. The van der Waals surface area contributed by atoms with Crippen LogP contribution in [0, 0.1) is 0 Å². The number of imidazole rings is 2. The molecule has 0 aliphatic carbocycles. The quantitative estimate of drug-likeness (QED) is 0.142. The van der Waals surface area contributed by atoms with Gasteiger partial charge in [0.15, 0.2) is 5.82 Å². The van der Waals surface area contributed by atoms with Crippen molar-refractivity contribution in [2.24, 2.45) is 0 Å². The smallest absolute Gasteiger partial charge is 0.160 e. The first kappa shape index (κ1) is 49.6. The summed E-state index contributed by atoms with van der Waals surface area (Å²) in [6, 6.07) is 109. The summed E-state index contributed by atoms with van der Waals surface area (Å²) in [7, 11) is 0. The fourth-order valence-electron chi connectivity index (χ4n) is 13.8. The van der Waals surface area contributed by atoms with Gasteiger partial charge in [-0.3, -0.25) is 9.13 Å². The third-order valence-electron chi connectivity index (χ3n) is 17.9. The van der Waals surface area contributed by atoms with Crippen molar-refractivity contribution in [1.82, 2.24) is 29.1 Å². The van der Waals surface area contributed by atoms with Gasteiger partial charge in [-0.05, 0) is 160 Å². The van der Waals surface area contributed by atoms with Gasteiger partial charge >= 0.3 is 0 Å². The maximum atomic E-state index is 5.81. The molecule has 0 radical (unpaired) electrons. The highest BCUT2D eigenvalue weighted by Crippen LogP contribution is 2.45. The highest BCUT2D eigenvalue weighted by Gasteiger charge is 2.23. The molecule has 0 atom stereocenters. The van der Waals surface area contributed by atoms with Crippen molar-refractivity contribution in [2.45, 2.75) is 0 Å². The van der Waals surface area contributed by atoms with Crippen LogP contribution >= 0.6 is 0 Å². The Hall–Kier alpha value is -11.9. The van der Waals surface area contributed by atoms with E-state index in [4.69, 9.17) is 19.9 Å². The zero-order valence-electron chi connectivity index (χ0n) is 47.6. The summed E-state index contributed by atoms with van der Waals surface area (Å²) in [6.45, 7) is 0. The van der Waals surface area contributed by atoms with Crippen LogP contribution in [0.3, 0.4) is 0 Å². The molecule has 0 bridgehead atoms. The first-order valence-electron chi connectivity index (χ1n) is 29.9. The standard InChI is InChI=1S/C82H50N6/c1-5-21-51(22-6-1)81-83-74-49-55(39-43-76(74)87(81)58-25-9-3-10-26-58)78-73-48-57(53-37-41-68-64-33-15-13-29-60(64)62-31-17-19-35-66(62)71(68)45-53)47-70(54-38-42-69-65-34-16-14-30-61(65)63-32-18-20-36-67(63)72(69)46-54)79(73)86-80(85-78)56-40-44-77-75(50-56)84-82(52-23-7-2-8-24-52)88(77)59-27-11-4-12-28-59/h1-50H. The zero-order chi connectivity index (χ0) is 57.8. The van der Waals surface area contributed by atoms with Crippen molar-refractivity contribution in [2.75, 3.05) is 0 Å². The van der Waals surface area contributed by atoms with E-state index in [1.54, 1.807) is 0 Å². The summed E-state index contributed by atoms with van der Waals surface area (Å²) in [5.41, 5.74) is 15.4. The van der Waals surface area contributed by atoms with E-state index in [1.807, 2.05) is 6.07 Å². The van der Waals surface area contributed by atoms with Crippen LogP contribution in [0.4, 0.5) is 0 Å². The maximum absolute atomic E-state index is 5.81. The van der Waals surface area contributed by atoms with E-state index in [1.165, 1.54) is 64.6 Å². The lowest BCUT2D eigenvalue weighted by Gasteiger charge is -2.17. The highest BCUT2D eigenvalue weighted by atomic mass is 15.1. The second-order valence-electron chi connectivity index (χ2n) is 22.9. The van der Waals surface area contributed by atoms with Gasteiger partial charge in [-0.25, -0.2) is 19.9 Å². The van der Waals surface area contributed by atoms with Crippen LogP contribution in [-0.4, -0.2) is 29.1 Å². The number of aromatic nitrogens is 6. The lowest BCUT2D eigenvalue weighted by molar-refractivity contribution is 1.10. The highest BCUT2D eigenvalue weighted by molar-refractivity contribution is 6.27. The molecule has 408 valence electrons. The number of para-hydroxylation sites is 2. The van der Waals surface area contributed by atoms with Gasteiger partial charge in [0.2, 0.25) is 0 Å². The SMILES string of the molecule is c1ccc(-c2nc3cc(-c4nc(-c5ccc6c(c5)nc(-c5ccccc5)n6-c5ccccc5)c5cc(-c6ccc7c8ccccc8c8ccccc8c7c6)cc(-c6ccc7c8ccccc8c8ccccc8c7c6)c5n4)ccc3n2-c2ccccc2)cc1. The van der Waals surface area contributed by atoms with Gasteiger partial charge in [-0.15, -0.1) is 0 Å². The number of hydrogen-bond acceptors (Lipinski definition) is 4. The van der Waals surface area contributed by atoms with Crippen molar-refractivity contribution >= 4 is 97.6 Å². The second-order valence-corrected chi connectivity index (χ2v) is 22.9. The number of fused-ring (bicyclic) bond motifs is 15. The Bertz CT molecular complexity index is 5780. The summed E-state index contributed by atoms with van der Waals surface area (Å²) in [5, 5.41) is 15.6. The third-order valence-corrected chi connectivity index (χ3v) is 17.9. The average molecular weight is 1120 g/mol. The van der Waals surface area contributed by atoms with Crippen LogP contribution in [0.15, 0.2) is 303 Å². The fourth-order valence-corrected chi connectivity index (χ4v) is 13.8. The van der Waals surface area contributed by atoms with E-state index >= 15 is 0 Å². The first-order chi connectivity index (χ1) is 43.6. The summed E-state index contributed by atoms with van der Waals surface area (Å²) < 4.78 is 4.51. The number of hydrogen-bond donors (Lipinski definition) is 0. The van der Waals surface area contributed by atoms with Gasteiger partial charge in [0, 0.05) is 44.6 Å². The normalized spacial score (nSPS) is 11.9. The number of rotatable bonds is 8. The number of nitrogens with zero attached hydrogens (tertiary/aromatic N) is 6. The van der Waals surface area contributed by atoms with Crippen LogP contribution in [0.2, 0.25) is 0 Å². The molecule has 3 aromatic heterocycles. The molecule has 0 spiro atoms. The fraction of sp³-hybridized carbons (Fsp3) is 0. The van der Waals surface area contributed by atoms with Crippen molar-refractivity contribution in [3.8, 4) is 79.0 Å². The Labute approximate surface area is 506 Å². The van der Waals surface area contributed by atoms with Crippen LogP contribution in [0.5, 0.6) is 0 Å². The van der Waals surface area contributed by atoms with Crippen LogP contribution in [0.1, 0.15) is 0 Å². The number of benzene rings is 15. The molecule has 0 fully saturated rings. The largest absolute Gasteiger partial charge is 0.292 e. The van der Waals surface area contributed by atoms with E-state index in [0.29, 0.717) is 5.82 Å². The average Bonchev–Trinajstić information content (AvgIpc) is 1.50. The van der Waals surface area contributed by atoms with E-state index in [9.17, 15) is 0 Å². The lowest BCUT2D eigenvalue weighted by Crippen LogP contribution is -1.99. The molecule has 0 N–H and O–H groups in total. The molecule has 0 unspecified atom stereocenters. The predicted molar refractivity (Wildman–Crippen MR) is 366 cm³/mol. The molecule has 0 saturated heterocycles. The Kier molecular flexibility index (Phi) is 11.2. The molecular weight excluding hydrogens is 1070 g/mol. The Morgan fingerprint density at radius 1 is 0.216 bits per heavy atom. The summed E-state index contributed by atoms with van der Waals surface area (Å²) >= 11 is 0. The van der Waals surface area contributed by atoms with Gasteiger partial charge in [0.1, 0.15) is 11.6 Å². The molecule has 0 saturated carbocycles. The van der Waals surface area contributed by atoms with Gasteiger partial charge in [-0.1, -0.05) is 224 Å². The Morgan fingerprint density at radius 3 is 1.06 bits per heavy atom. The van der Waals surface area contributed by atoms with Crippen LogP contribution in [0.25, 0.3) is 177 Å². The molecule has 88 heavy (non-hydrogen) atoms. The van der Waals surface area contributed by atoms with E-state index in [-0.39, 0.29) is 0 Å². The molecule has 18 aromatic rings. The van der Waals surface area contributed by atoms with Gasteiger partial charge in [-0.2, -0.15) is 0 Å². The molecule has 18 rings (SSSR count). The Balaban J connectivity index is 0.939. The van der Waals surface area contributed by atoms with Gasteiger partial charge < -0.3 is 0 Å². The van der Waals surface area contributed by atoms with Crippen LogP contribution in [-0.2, 0) is 0 Å². The van der Waals surface area contributed by atoms with Crippen molar-refractivity contribution in [1.29, 1.82) is 0 Å². The monoisotopic (exact) mass is 1120 g/mol. The van der Waals surface area contributed by atoms with Gasteiger partial charge in [0.25, 0.3) is 0 Å². The molecule has 0 aliphatic heterocycles. The molecule has 6 heteroatoms. The van der Waals surface area contributed by atoms with E-state index in [2.05, 4.69) is 306 Å².